The number of rotatable bonds is 0. The Hall–Kier alpha value is -1.28. The molecule has 12 heavy (non-hydrogen) atoms. The lowest BCUT2D eigenvalue weighted by Gasteiger charge is -1.98. The number of carbonyl (C=O) groups excluding carboxylic acids is 1. The van der Waals surface area contributed by atoms with E-state index >= 15 is 0 Å². The van der Waals surface area contributed by atoms with Crippen LogP contribution in [0.1, 0.15) is 5.56 Å². The Kier molecular flexibility index (Phi) is 2.51. The Balaban J connectivity index is 3.10. The van der Waals surface area contributed by atoms with E-state index in [9.17, 15) is 4.79 Å². The van der Waals surface area contributed by atoms with Crippen LogP contribution in [0.5, 0.6) is 0 Å². The van der Waals surface area contributed by atoms with E-state index in [1.165, 1.54) is 23.9 Å². The first-order chi connectivity index (χ1) is 5.69. The number of carbonyl (C=O) groups is 1. The standard InChI is InChI=1S/C7H5BrN2O2/c1-12-7(11)10-4-5(3-9)2-6(10)8/h2,4H,1H3. The summed E-state index contributed by atoms with van der Waals surface area (Å²) in [5.74, 6) is 0. The van der Waals surface area contributed by atoms with Gasteiger partial charge in [0.2, 0.25) is 0 Å². The molecule has 0 spiro atoms. The van der Waals surface area contributed by atoms with Crippen molar-refractivity contribution in [3.63, 3.8) is 0 Å². The number of methoxy groups -OCH3 is 1. The first-order valence-electron chi connectivity index (χ1n) is 3.05. The summed E-state index contributed by atoms with van der Waals surface area (Å²) in [6.07, 6.45) is 0.874. The van der Waals surface area contributed by atoms with Crippen LogP contribution in [0.4, 0.5) is 4.79 Å². The molecule has 0 bridgehead atoms. The first-order valence-corrected chi connectivity index (χ1v) is 3.84. The third-order valence-corrected chi connectivity index (χ3v) is 1.88. The number of ether oxygens (including phenoxy) is 1. The molecule has 5 heteroatoms. The number of nitriles is 1. The fourth-order valence-corrected chi connectivity index (χ4v) is 1.23. The molecule has 0 aliphatic rings. The van der Waals surface area contributed by atoms with Crippen LogP contribution >= 0.6 is 15.9 Å². The third-order valence-electron chi connectivity index (χ3n) is 1.27. The van der Waals surface area contributed by atoms with Crippen LogP contribution in [0, 0.1) is 11.3 Å². The predicted octanol–water partition coefficient (Wildman–Crippen LogP) is 1.74. The van der Waals surface area contributed by atoms with Gasteiger partial charge in [-0.05, 0) is 22.0 Å². The molecule has 0 fully saturated rings. The molecule has 0 atom stereocenters. The van der Waals surface area contributed by atoms with E-state index in [2.05, 4.69) is 20.7 Å². The van der Waals surface area contributed by atoms with Gasteiger partial charge < -0.3 is 4.74 Å². The number of hydrogen-bond donors (Lipinski definition) is 0. The van der Waals surface area contributed by atoms with E-state index in [1.54, 1.807) is 0 Å². The number of hydrogen-bond acceptors (Lipinski definition) is 3. The quantitative estimate of drug-likeness (QED) is 0.680. The minimum atomic E-state index is -0.525. The maximum Gasteiger partial charge on any atom is 0.418 e. The molecule has 0 aromatic carbocycles. The largest absolute Gasteiger partial charge is 0.452 e. The fourth-order valence-electron chi connectivity index (χ4n) is 0.735. The normalized spacial score (nSPS) is 9.08. The molecule has 0 saturated carbocycles. The van der Waals surface area contributed by atoms with Crippen LogP contribution in [0.2, 0.25) is 0 Å². The second-order valence-electron chi connectivity index (χ2n) is 2.00. The van der Waals surface area contributed by atoms with Crippen LogP contribution in [-0.4, -0.2) is 17.8 Å². The van der Waals surface area contributed by atoms with Crippen LogP contribution < -0.4 is 0 Å². The molecule has 1 aromatic rings. The summed E-state index contributed by atoms with van der Waals surface area (Å²) in [6, 6.07) is 3.45. The Bertz CT molecular complexity index is 351. The molecule has 62 valence electrons. The van der Waals surface area contributed by atoms with E-state index in [-0.39, 0.29) is 0 Å². The zero-order valence-corrected chi connectivity index (χ0v) is 7.83. The monoisotopic (exact) mass is 228 g/mol. The van der Waals surface area contributed by atoms with Gasteiger partial charge in [0.15, 0.2) is 0 Å². The summed E-state index contributed by atoms with van der Waals surface area (Å²) in [6.45, 7) is 0. The fraction of sp³-hybridized carbons (Fsp3) is 0.143. The minimum Gasteiger partial charge on any atom is -0.452 e. The summed E-state index contributed by atoms with van der Waals surface area (Å²) >= 11 is 3.11. The molecule has 0 saturated heterocycles. The van der Waals surface area contributed by atoms with Crippen molar-refractivity contribution in [2.24, 2.45) is 0 Å². The lowest BCUT2D eigenvalue weighted by Crippen LogP contribution is -2.09. The second-order valence-corrected chi connectivity index (χ2v) is 2.82. The highest BCUT2D eigenvalue weighted by Gasteiger charge is 2.09. The van der Waals surface area contributed by atoms with E-state index in [0.29, 0.717) is 10.2 Å². The Labute approximate surface area is 77.5 Å². The Morgan fingerprint density at radius 2 is 2.50 bits per heavy atom. The van der Waals surface area contributed by atoms with Gasteiger partial charge in [0.25, 0.3) is 0 Å². The maximum atomic E-state index is 11.0. The lowest BCUT2D eigenvalue weighted by molar-refractivity contribution is 0.172. The molecule has 0 amide bonds. The average Bonchev–Trinajstić information content (AvgIpc) is 2.45. The molecule has 0 aliphatic carbocycles. The molecule has 1 heterocycles. The van der Waals surface area contributed by atoms with Gasteiger partial charge in [0.1, 0.15) is 6.07 Å². The first kappa shape index (κ1) is 8.81. The number of nitrogens with zero attached hydrogens (tertiary/aromatic N) is 2. The van der Waals surface area contributed by atoms with Gasteiger partial charge in [-0.15, -0.1) is 0 Å². The van der Waals surface area contributed by atoms with Crippen molar-refractivity contribution in [1.29, 1.82) is 5.26 Å². The summed E-state index contributed by atoms with van der Waals surface area (Å²) < 4.78 is 6.17. The van der Waals surface area contributed by atoms with Crippen molar-refractivity contribution in [3.8, 4) is 6.07 Å². The highest BCUT2D eigenvalue weighted by atomic mass is 79.9. The molecule has 0 radical (unpaired) electrons. The van der Waals surface area contributed by atoms with Crippen LogP contribution in [0.25, 0.3) is 0 Å². The van der Waals surface area contributed by atoms with Gasteiger partial charge in [-0.25, -0.2) is 9.36 Å². The molecule has 0 aliphatic heterocycles. The van der Waals surface area contributed by atoms with Crippen molar-refractivity contribution >= 4 is 22.0 Å². The summed E-state index contributed by atoms with van der Waals surface area (Å²) in [5.41, 5.74) is 0.410. The molecule has 1 rings (SSSR count). The predicted molar refractivity (Wildman–Crippen MR) is 44.7 cm³/mol. The van der Waals surface area contributed by atoms with Gasteiger partial charge in [0, 0.05) is 6.20 Å². The smallest absolute Gasteiger partial charge is 0.418 e. The summed E-state index contributed by atoms with van der Waals surface area (Å²) in [5, 5.41) is 8.49. The van der Waals surface area contributed by atoms with Crippen molar-refractivity contribution < 1.29 is 9.53 Å². The van der Waals surface area contributed by atoms with E-state index in [0.717, 1.165) is 0 Å². The summed E-state index contributed by atoms with van der Waals surface area (Å²) in [4.78, 5) is 11.0. The molecule has 4 nitrogen and oxygen atoms in total. The number of aromatic nitrogens is 1. The highest BCUT2D eigenvalue weighted by molar-refractivity contribution is 9.10. The lowest BCUT2D eigenvalue weighted by atomic mass is 10.4. The molecular weight excluding hydrogens is 224 g/mol. The third kappa shape index (κ3) is 1.48. The Morgan fingerprint density at radius 1 is 1.83 bits per heavy atom. The van der Waals surface area contributed by atoms with E-state index in [4.69, 9.17) is 5.26 Å². The van der Waals surface area contributed by atoms with Crippen LogP contribution in [-0.2, 0) is 4.74 Å². The van der Waals surface area contributed by atoms with Crippen LogP contribution in [0.15, 0.2) is 16.9 Å². The molecule has 0 N–H and O–H groups in total. The van der Waals surface area contributed by atoms with Gasteiger partial charge in [-0.1, -0.05) is 0 Å². The second kappa shape index (κ2) is 3.41. The van der Waals surface area contributed by atoms with Gasteiger partial charge in [-0.2, -0.15) is 5.26 Å². The summed E-state index contributed by atoms with van der Waals surface area (Å²) in [7, 11) is 1.28. The van der Waals surface area contributed by atoms with Crippen molar-refractivity contribution in [3.05, 3.63) is 22.4 Å². The Morgan fingerprint density at radius 3 is 2.92 bits per heavy atom. The SMILES string of the molecule is COC(=O)n1cc(C#N)cc1Br. The van der Waals surface area contributed by atoms with Crippen molar-refractivity contribution in [1.82, 2.24) is 4.57 Å². The van der Waals surface area contributed by atoms with E-state index in [1.807, 2.05) is 6.07 Å². The number of halogens is 1. The zero-order valence-electron chi connectivity index (χ0n) is 6.24. The van der Waals surface area contributed by atoms with Gasteiger partial charge in [0.05, 0.1) is 17.3 Å². The topological polar surface area (TPSA) is 55.0 Å². The van der Waals surface area contributed by atoms with E-state index < -0.39 is 6.09 Å². The van der Waals surface area contributed by atoms with Crippen molar-refractivity contribution in [2.45, 2.75) is 0 Å². The van der Waals surface area contributed by atoms with Crippen LogP contribution in [0.3, 0.4) is 0 Å². The zero-order chi connectivity index (χ0) is 9.14. The minimum absolute atomic E-state index is 0.410. The highest BCUT2D eigenvalue weighted by Crippen LogP contribution is 2.14. The molecule has 1 aromatic heterocycles. The van der Waals surface area contributed by atoms with Gasteiger partial charge in [-0.3, -0.25) is 0 Å². The van der Waals surface area contributed by atoms with Crippen molar-refractivity contribution in [2.75, 3.05) is 7.11 Å². The molecular formula is C7H5BrN2O2. The molecule has 0 unspecified atom stereocenters. The van der Waals surface area contributed by atoms with Gasteiger partial charge >= 0.3 is 6.09 Å². The average molecular weight is 229 g/mol. The maximum absolute atomic E-state index is 11.0.